The lowest BCUT2D eigenvalue weighted by atomic mass is 10.2. The molecule has 0 radical (unpaired) electrons. The Labute approximate surface area is 146 Å². The maximum absolute atomic E-state index is 12.2. The number of carbonyl (C=O) groups is 2. The number of carbonyl (C=O) groups excluding carboxylic acids is 2. The average Bonchev–Trinajstić information content (AvgIpc) is 2.49. The van der Waals surface area contributed by atoms with E-state index in [-0.39, 0.29) is 16.2 Å². The first-order valence-corrected chi connectivity index (χ1v) is 8.99. The summed E-state index contributed by atoms with van der Waals surface area (Å²) in [6.07, 6.45) is 0. The Bertz CT molecular complexity index is 879. The van der Waals surface area contributed by atoms with Gasteiger partial charge in [-0.3, -0.25) is 9.59 Å². The minimum atomic E-state index is -4.05. The Kier molecular flexibility index (Phi) is 5.23. The van der Waals surface area contributed by atoms with Gasteiger partial charge in [-0.2, -0.15) is 0 Å². The van der Waals surface area contributed by atoms with Crippen LogP contribution >= 0.6 is 27.5 Å². The summed E-state index contributed by atoms with van der Waals surface area (Å²) >= 11 is 8.98. The van der Waals surface area contributed by atoms with Crippen molar-refractivity contribution >= 4 is 49.2 Å². The number of sulfonamides is 1. The van der Waals surface area contributed by atoms with E-state index >= 15 is 0 Å². The van der Waals surface area contributed by atoms with Crippen molar-refractivity contribution in [3.63, 3.8) is 0 Å². The maximum atomic E-state index is 12.2. The molecule has 120 valence electrons. The number of benzene rings is 2. The van der Waals surface area contributed by atoms with E-state index in [1.807, 2.05) is 4.72 Å². The van der Waals surface area contributed by atoms with Crippen molar-refractivity contribution in [3.8, 4) is 0 Å². The molecule has 0 spiro atoms. The van der Waals surface area contributed by atoms with Gasteiger partial charge in [0.2, 0.25) is 0 Å². The van der Waals surface area contributed by atoms with Gasteiger partial charge in [-0.25, -0.2) is 13.1 Å². The Morgan fingerprint density at radius 1 is 1.09 bits per heavy atom. The fourth-order valence-electron chi connectivity index (χ4n) is 1.78. The number of nitrogens with one attached hydrogen (secondary N) is 1. The number of ketones is 1. The Hall–Kier alpha value is -1.70. The summed E-state index contributed by atoms with van der Waals surface area (Å²) in [5.74, 6) is -0.990. The number of amides is 1. The minimum absolute atomic E-state index is 0.0985. The fourth-order valence-corrected chi connectivity index (χ4v) is 3.34. The monoisotopic (exact) mass is 415 g/mol. The number of rotatable bonds is 4. The van der Waals surface area contributed by atoms with E-state index in [0.717, 1.165) is 0 Å². The Balaban J connectivity index is 2.28. The predicted molar refractivity (Wildman–Crippen MR) is 90.3 cm³/mol. The molecule has 0 atom stereocenters. The molecule has 0 unspecified atom stereocenters. The molecular weight excluding hydrogens is 406 g/mol. The highest BCUT2D eigenvalue weighted by molar-refractivity contribution is 9.10. The Morgan fingerprint density at radius 3 is 2.26 bits per heavy atom. The maximum Gasteiger partial charge on any atom is 0.266 e. The summed E-state index contributed by atoms with van der Waals surface area (Å²) in [5.41, 5.74) is 0.481. The summed E-state index contributed by atoms with van der Waals surface area (Å²) < 4.78 is 26.8. The summed E-state index contributed by atoms with van der Waals surface area (Å²) in [7, 11) is -4.05. The van der Waals surface area contributed by atoms with Crippen LogP contribution in [0.25, 0.3) is 0 Å². The molecule has 5 nitrogen and oxygen atoms in total. The van der Waals surface area contributed by atoms with Crippen molar-refractivity contribution in [1.82, 2.24) is 4.72 Å². The van der Waals surface area contributed by atoms with E-state index in [1.165, 1.54) is 37.3 Å². The first kappa shape index (κ1) is 17.7. The van der Waals surface area contributed by atoms with Crippen LogP contribution in [0.4, 0.5) is 0 Å². The minimum Gasteiger partial charge on any atom is -0.295 e. The summed E-state index contributed by atoms with van der Waals surface area (Å²) in [4.78, 5) is 23.2. The van der Waals surface area contributed by atoms with Crippen molar-refractivity contribution < 1.29 is 18.0 Å². The van der Waals surface area contributed by atoms with Gasteiger partial charge in [0, 0.05) is 15.1 Å². The van der Waals surface area contributed by atoms with E-state index in [0.29, 0.717) is 15.1 Å². The van der Waals surface area contributed by atoms with Crippen LogP contribution in [0.2, 0.25) is 5.02 Å². The highest BCUT2D eigenvalue weighted by Crippen LogP contribution is 2.22. The second kappa shape index (κ2) is 6.82. The van der Waals surface area contributed by atoms with E-state index in [1.54, 1.807) is 12.1 Å². The first-order chi connectivity index (χ1) is 10.7. The van der Waals surface area contributed by atoms with Crippen LogP contribution in [0.5, 0.6) is 0 Å². The molecule has 0 aliphatic rings. The average molecular weight is 417 g/mol. The first-order valence-electron chi connectivity index (χ1n) is 6.34. The molecule has 1 amide bonds. The number of halogens is 2. The van der Waals surface area contributed by atoms with Gasteiger partial charge in [-0.15, -0.1) is 0 Å². The van der Waals surface area contributed by atoms with Gasteiger partial charge >= 0.3 is 0 Å². The van der Waals surface area contributed by atoms with Crippen molar-refractivity contribution in [2.45, 2.75) is 11.8 Å². The second-order valence-corrected chi connectivity index (χ2v) is 7.61. The van der Waals surface area contributed by atoms with Gasteiger partial charge in [-0.1, -0.05) is 23.7 Å². The zero-order chi connectivity index (χ0) is 17.2. The third-order valence-corrected chi connectivity index (χ3v) is 5.24. The van der Waals surface area contributed by atoms with E-state index in [2.05, 4.69) is 15.9 Å². The van der Waals surface area contributed by atoms with Gasteiger partial charge < -0.3 is 0 Å². The molecule has 0 heterocycles. The number of Topliss-reactive ketones (excluding diaryl/α,β-unsaturated/α-hetero) is 1. The van der Waals surface area contributed by atoms with Crippen LogP contribution < -0.4 is 4.72 Å². The number of hydrogen-bond donors (Lipinski definition) is 1. The smallest absolute Gasteiger partial charge is 0.266 e. The summed E-state index contributed by atoms with van der Waals surface area (Å²) in [6.45, 7) is 1.38. The fraction of sp³-hybridized carbons (Fsp3) is 0.0667. The highest BCUT2D eigenvalue weighted by atomic mass is 79.9. The number of hydrogen-bond acceptors (Lipinski definition) is 4. The van der Waals surface area contributed by atoms with E-state index in [4.69, 9.17) is 11.6 Å². The summed E-state index contributed by atoms with van der Waals surface area (Å²) in [6, 6.07) is 9.77. The lowest BCUT2D eigenvalue weighted by molar-refractivity contribution is 0.0978. The van der Waals surface area contributed by atoms with Crippen molar-refractivity contribution in [2.75, 3.05) is 0 Å². The van der Waals surface area contributed by atoms with Crippen LogP contribution in [-0.2, 0) is 10.0 Å². The van der Waals surface area contributed by atoms with Crippen LogP contribution in [0.1, 0.15) is 27.6 Å². The van der Waals surface area contributed by atoms with Crippen molar-refractivity contribution in [1.29, 1.82) is 0 Å². The zero-order valence-corrected chi connectivity index (χ0v) is 15.0. The molecule has 1 N–H and O–H groups in total. The van der Waals surface area contributed by atoms with Gasteiger partial charge in [0.1, 0.15) is 0 Å². The van der Waals surface area contributed by atoms with E-state index < -0.39 is 15.9 Å². The zero-order valence-electron chi connectivity index (χ0n) is 11.8. The summed E-state index contributed by atoms with van der Waals surface area (Å²) in [5, 5.41) is 0.307. The standard InChI is InChI=1S/C15H11BrClNO4S/c1-9(19)10-2-5-12(6-3-10)23(21,22)18-15(20)13-8-11(17)4-7-14(13)16/h2-8H,1H3,(H,18,20). The molecule has 23 heavy (non-hydrogen) atoms. The topological polar surface area (TPSA) is 80.3 Å². The normalized spacial score (nSPS) is 11.1. The molecule has 0 aromatic heterocycles. The quantitative estimate of drug-likeness (QED) is 0.774. The second-order valence-electron chi connectivity index (χ2n) is 4.64. The molecule has 0 saturated carbocycles. The van der Waals surface area contributed by atoms with E-state index in [9.17, 15) is 18.0 Å². The lowest BCUT2D eigenvalue weighted by Crippen LogP contribution is -2.30. The third kappa shape index (κ3) is 4.19. The largest absolute Gasteiger partial charge is 0.295 e. The lowest BCUT2D eigenvalue weighted by Gasteiger charge is -2.09. The molecule has 2 aromatic rings. The molecule has 2 rings (SSSR count). The van der Waals surface area contributed by atoms with Crippen LogP contribution in [-0.4, -0.2) is 20.1 Å². The van der Waals surface area contributed by atoms with Crippen LogP contribution in [0, 0.1) is 0 Å². The van der Waals surface area contributed by atoms with Crippen molar-refractivity contribution in [2.24, 2.45) is 0 Å². The molecular formula is C15H11BrClNO4S. The van der Waals surface area contributed by atoms with Crippen molar-refractivity contribution in [3.05, 3.63) is 63.1 Å². The third-order valence-electron chi connectivity index (χ3n) is 2.97. The van der Waals surface area contributed by atoms with Crippen LogP contribution in [0.15, 0.2) is 51.8 Å². The molecule has 0 fully saturated rings. The van der Waals surface area contributed by atoms with Crippen LogP contribution in [0.3, 0.4) is 0 Å². The molecule has 0 bridgehead atoms. The Morgan fingerprint density at radius 2 is 1.70 bits per heavy atom. The van der Waals surface area contributed by atoms with Gasteiger partial charge in [0.25, 0.3) is 15.9 Å². The van der Waals surface area contributed by atoms with Gasteiger partial charge in [0.15, 0.2) is 5.78 Å². The van der Waals surface area contributed by atoms with Gasteiger partial charge in [-0.05, 0) is 53.2 Å². The molecule has 0 aliphatic carbocycles. The molecule has 8 heteroatoms. The molecule has 0 saturated heterocycles. The highest BCUT2D eigenvalue weighted by Gasteiger charge is 2.20. The SMILES string of the molecule is CC(=O)c1ccc(S(=O)(=O)NC(=O)c2cc(Cl)ccc2Br)cc1. The molecule has 2 aromatic carbocycles. The predicted octanol–water partition coefficient (Wildman–Crippen LogP) is 3.42. The van der Waals surface area contributed by atoms with Gasteiger partial charge in [0.05, 0.1) is 10.5 Å². The molecule has 0 aliphatic heterocycles.